The molecular formula is C19H11F6N3O. The number of benzene rings is 1. The van der Waals surface area contributed by atoms with Crippen LogP contribution in [0.4, 0.5) is 26.3 Å². The lowest BCUT2D eigenvalue weighted by molar-refractivity contribution is -0.137. The van der Waals surface area contributed by atoms with Crippen LogP contribution in [0.15, 0.2) is 57.7 Å². The van der Waals surface area contributed by atoms with Gasteiger partial charge in [0.1, 0.15) is 5.52 Å². The topological polar surface area (TPSA) is 51.3 Å². The first-order valence-corrected chi connectivity index (χ1v) is 8.35. The van der Waals surface area contributed by atoms with Gasteiger partial charge in [-0.3, -0.25) is 9.98 Å². The normalized spacial score (nSPS) is 17.6. The molecule has 4 rings (SSSR count). The number of fused-ring (bicyclic) bond motifs is 1. The average Bonchev–Trinajstić information content (AvgIpc) is 3.10. The molecule has 0 amide bonds. The molecule has 1 atom stereocenters. The molecule has 0 saturated heterocycles. The van der Waals surface area contributed by atoms with Crippen molar-refractivity contribution in [2.45, 2.75) is 24.8 Å². The molecule has 0 radical (unpaired) electrons. The summed E-state index contributed by atoms with van der Waals surface area (Å²) in [5.74, 6) is 0.0394. The van der Waals surface area contributed by atoms with Gasteiger partial charge in [-0.25, -0.2) is 4.98 Å². The van der Waals surface area contributed by atoms with Crippen LogP contribution in [0.1, 0.15) is 23.6 Å². The lowest BCUT2D eigenvalue weighted by atomic mass is 9.97. The molecule has 3 aromatic rings. The zero-order valence-corrected chi connectivity index (χ0v) is 14.4. The maximum absolute atomic E-state index is 12.9. The fourth-order valence-corrected chi connectivity index (χ4v) is 3.00. The highest BCUT2D eigenvalue weighted by Gasteiger charge is 2.34. The summed E-state index contributed by atoms with van der Waals surface area (Å²) in [6.45, 7) is 0. The second-order valence-electron chi connectivity index (χ2n) is 6.35. The van der Waals surface area contributed by atoms with Crippen molar-refractivity contribution in [2.75, 3.05) is 0 Å². The number of aliphatic imine (C=N–C) groups is 1. The number of dihydropyridines is 1. The number of halogens is 6. The van der Waals surface area contributed by atoms with E-state index in [1.165, 1.54) is 24.5 Å². The first-order chi connectivity index (χ1) is 13.6. The van der Waals surface area contributed by atoms with Gasteiger partial charge in [0, 0.05) is 29.7 Å². The number of allylic oxidation sites excluding steroid dienone is 1. The van der Waals surface area contributed by atoms with Crippen molar-refractivity contribution in [2.24, 2.45) is 4.99 Å². The molecule has 1 unspecified atom stereocenters. The van der Waals surface area contributed by atoms with Crippen LogP contribution in [0.2, 0.25) is 0 Å². The Balaban J connectivity index is 1.71. The second-order valence-corrected chi connectivity index (χ2v) is 6.35. The van der Waals surface area contributed by atoms with Crippen molar-refractivity contribution < 1.29 is 30.8 Å². The molecule has 0 spiro atoms. The molecule has 2 aromatic heterocycles. The van der Waals surface area contributed by atoms with Gasteiger partial charge in [0.2, 0.25) is 5.89 Å². The van der Waals surface area contributed by atoms with Crippen LogP contribution >= 0.6 is 0 Å². The van der Waals surface area contributed by atoms with Gasteiger partial charge in [-0.15, -0.1) is 0 Å². The fraction of sp³-hybridized carbons (Fsp3) is 0.211. The van der Waals surface area contributed by atoms with Crippen molar-refractivity contribution in [3.63, 3.8) is 0 Å². The van der Waals surface area contributed by atoms with Crippen LogP contribution in [0.5, 0.6) is 0 Å². The monoisotopic (exact) mass is 411 g/mol. The molecule has 0 N–H and O–H groups in total. The van der Waals surface area contributed by atoms with Crippen LogP contribution < -0.4 is 0 Å². The summed E-state index contributed by atoms with van der Waals surface area (Å²) in [4.78, 5) is 12.1. The number of oxazole rings is 1. The first kappa shape index (κ1) is 19.2. The Morgan fingerprint density at radius 1 is 1.00 bits per heavy atom. The minimum Gasteiger partial charge on any atom is -0.436 e. The summed E-state index contributed by atoms with van der Waals surface area (Å²) in [5, 5.41) is 0. The van der Waals surface area contributed by atoms with Crippen molar-refractivity contribution in [3.05, 3.63) is 59.4 Å². The van der Waals surface area contributed by atoms with Gasteiger partial charge in [0.05, 0.1) is 17.2 Å². The molecule has 1 aliphatic rings. The number of nitrogens with zero attached hydrogens (tertiary/aromatic N) is 3. The zero-order valence-electron chi connectivity index (χ0n) is 14.4. The average molecular weight is 411 g/mol. The molecule has 0 fully saturated rings. The number of hydrogen-bond donors (Lipinski definition) is 0. The lowest BCUT2D eigenvalue weighted by Gasteiger charge is -2.18. The third kappa shape index (κ3) is 3.74. The molecule has 150 valence electrons. The third-order valence-electron chi connectivity index (χ3n) is 4.44. The van der Waals surface area contributed by atoms with Crippen LogP contribution in [-0.4, -0.2) is 22.4 Å². The van der Waals surface area contributed by atoms with Gasteiger partial charge in [-0.1, -0.05) is 6.08 Å². The number of aromatic nitrogens is 2. The van der Waals surface area contributed by atoms with E-state index in [0.29, 0.717) is 11.1 Å². The van der Waals surface area contributed by atoms with E-state index in [2.05, 4.69) is 15.0 Å². The van der Waals surface area contributed by atoms with E-state index in [0.717, 1.165) is 24.4 Å². The van der Waals surface area contributed by atoms with Crippen LogP contribution in [0, 0.1) is 0 Å². The zero-order chi connectivity index (χ0) is 20.8. The summed E-state index contributed by atoms with van der Waals surface area (Å²) in [7, 11) is 0. The molecule has 29 heavy (non-hydrogen) atoms. The summed E-state index contributed by atoms with van der Waals surface area (Å²) in [6, 6.07) is 3.82. The Hall–Kier alpha value is -3.17. The molecule has 3 heterocycles. The fourth-order valence-electron chi connectivity index (χ4n) is 3.00. The molecule has 0 saturated carbocycles. The van der Waals surface area contributed by atoms with E-state index in [1.54, 1.807) is 0 Å². The van der Waals surface area contributed by atoms with Crippen molar-refractivity contribution >= 4 is 17.3 Å². The summed E-state index contributed by atoms with van der Waals surface area (Å²) >= 11 is 0. The smallest absolute Gasteiger partial charge is 0.417 e. The van der Waals surface area contributed by atoms with Crippen molar-refractivity contribution in [3.8, 4) is 11.5 Å². The van der Waals surface area contributed by atoms with Gasteiger partial charge in [-0.05, 0) is 30.7 Å². The maximum atomic E-state index is 12.9. The molecule has 0 bridgehead atoms. The van der Waals surface area contributed by atoms with Crippen LogP contribution in [0.3, 0.4) is 0 Å². The van der Waals surface area contributed by atoms with Gasteiger partial charge >= 0.3 is 12.4 Å². The van der Waals surface area contributed by atoms with Crippen LogP contribution in [0.25, 0.3) is 22.6 Å². The summed E-state index contributed by atoms with van der Waals surface area (Å²) in [6.07, 6.45) is -4.36. The van der Waals surface area contributed by atoms with E-state index in [1.807, 2.05) is 0 Å². The Morgan fingerprint density at radius 2 is 1.79 bits per heavy atom. The maximum Gasteiger partial charge on any atom is 0.417 e. The molecule has 4 nitrogen and oxygen atoms in total. The van der Waals surface area contributed by atoms with Crippen LogP contribution in [-0.2, 0) is 6.18 Å². The molecular weight excluding hydrogens is 400 g/mol. The number of alkyl halides is 6. The van der Waals surface area contributed by atoms with E-state index < -0.39 is 29.5 Å². The third-order valence-corrected chi connectivity index (χ3v) is 4.44. The van der Waals surface area contributed by atoms with E-state index in [-0.39, 0.29) is 23.4 Å². The predicted molar refractivity (Wildman–Crippen MR) is 92.2 cm³/mol. The largest absolute Gasteiger partial charge is 0.436 e. The van der Waals surface area contributed by atoms with Crippen molar-refractivity contribution in [1.82, 2.24) is 9.97 Å². The Bertz CT molecular complexity index is 1130. The van der Waals surface area contributed by atoms with Gasteiger partial charge in [0.15, 0.2) is 5.58 Å². The molecule has 10 heteroatoms. The minimum absolute atomic E-state index is 0.0114. The van der Waals surface area contributed by atoms with Crippen molar-refractivity contribution in [1.29, 1.82) is 0 Å². The molecule has 1 aliphatic heterocycles. The highest BCUT2D eigenvalue weighted by Crippen LogP contribution is 2.37. The Morgan fingerprint density at radius 3 is 2.45 bits per heavy atom. The second kappa shape index (κ2) is 6.71. The first-order valence-electron chi connectivity index (χ1n) is 8.35. The summed E-state index contributed by atoms with van der Waals surface area (Å²) in [5.41, 5.74) is -0.659. The molecule has 1 aromatic carbocycles. The quantitative estimate of drug-likeness (QED) is 0.493. The predicted octanol–water partition coefficient (Wildman–Crippen LogP) is 5.91. The van der Waals surface area contributed by atoms with E-state index in [9.17, 15) is 26.3 Å². The SMILES string of the molecule is FC(F)(F)C1=CCC(c2cnccc2-c2nc3cc(C(F)(F)F)ccc3o2)N=C1. The van der Waals surface area contributed by atoms with E-state index >= 15 is 0 Å². The number of hydrogen-bond acceptors (Lipinski definition) is 4. The lowest BCUT2D eigenvalue weighted by Crippen LogP contribution is -2.16. The van der Waals surface area contributed by atoms with Gasteiger partial charge in [-0.2, -0.15) is 26.3 Å². The standard InChI is InChI=1S/C19H11F6N3O/c20-18(21,22)10-2-4-16-15(7-10)28-17(29-16)12-5-6-26-9-13(12)14-3-1-11(8-27-14)19(23,24)25/h1-2,4-9,14H,3H2. The highest BCUT2D eigenvalue weighted by atomic mass is 19.4. The number of rotatable bonds is 2. The minimum atomic E-state index is -4.52. The van der Waals surface area contributed by atoms with Gasteiger partial charge < -0.3 is 4.42 Å². The highest BCUT2D eigenvalue weighted by molar-refractivity contribution is 5.82. The van der Waals surface area contributed by atoms with Gasteiger partial charge in [0.25, 0.3) is 0 Å². The summed E-state index contributed by atoms with van der Waals surface area (Å²) < 4.78 is 82.6. The van der Waals surface area contributed by atoms with E-state index in [4.69, 9.17) is 4.42 Å². The number of pyridine rings is 1. The molecule has 0 aliphatic carbocycles. The Labute approximate surface area is 159 Å². The Kier molecular flexibility index (Phi) is 4.44.